The SMILES string of the molecule is COc1ccccc1C(=O)NCc1nnc(SCC(=O)N2N=C(c3cccs3)CC2c2cccc(OC)c2OC)n1Cc1ccccc1. The molecule has 1 atom stereocenters. The molecule has 5 aromatic rings. The smallest absolute Gasteiger partial charge is 0.255 e. The summed E-state index contributed by atoms with van der Waals surface area (Å²) in [7, 11) is 4.71. The van der Waals surface area contributed by atoms with Gasteiger partial charge in [0.05, 0.1) is 62.4 Å². The van der Waals surface area contributed by atoms with Crippen LogP contribution in [0.3, 0.4) is 0 Å². The number of hydrogen-bond donors (Lipinski definition) is 1. The fourth-order valence-electron chi connectivity index (χ4n) is 5.51. The van der Waals surface area contributed by atoms with Crippen LogP contribution in [0.1, 0.15) is 44.6 Å². The lowest BCUT2D eigenvalue weighted by Crippen LogP contribution is -2.29. The van der Waals surface area contributed by atoms with Gasteiger partial charge in [0, 0.05) is 12.0 Å². The normalized spacial score (nSPS) is 14.0. The van der Waals surface area contributed by atoms with Gasteiger partial charge in [0.25, 0.3) is 11.8 Å². The molecule has 3 aromatic carbocycles. The van der Waals surface area contributed by atoms with Crippen LogP contribution in [0.15, 0.2) is 101 Å². The molecule has 2 amide bonds. The van der Waals surface area contributed by atoms with E-state index in [0.29, 0.717) is 46.8 Å². The molecule has 0 spiro atoms. The quantitative estimate of drug-likeness (QED) is 0.155. The van der Waals surface area contributed by atoms with E-state index in [-0.39, 0.29) is 30.2 Å². The zero-order chi connectivity index (χ0) is 33.5. The molecule has 0 saturated carbocycles. The van der Waals surface area contributed by atoms with Crippen LogP contribution in [0.5, 0.6) is 17.2 Å². The molecule has 1 N–H and O–H groups in total. The summed E-state index contributed by atoms with van der Waals surface area (Å²) in [5.74, 6) is 1.76. The zero-order valence-corrected chi connectivity index (χ0v) is 28.3. The summed E-state index contributed by atoms with van der Waals surface area (Å²) in [6.07, 6.45) is 0.528. The summed E-state index contributed by atoms with van der Waals surface area (Å²) >= 11 is 2.86. The summed E-state index contributed by atoms with van der Waals surface area (Å²) in [4.78, 5) is 28.0. The van der Waals surface area contributed by atoms with E-state index in [1.54, 1.807) is 48.8 Å². The van der Waals surface area contributed by atoms with E-state index in [4.69, 9.17) is 19.3 Å². The maximum atomic E-state index is 14.0. The average Bonchev–Trinajstić information content (AvgIpc) is 3.90. The van der Waals surface area contributed by atoms with Gasteiger partial charge >= 0.3 is 0 Å². The van der Waals surface area contributed by atoms with E-state index in [9.17, 15) is 9.59 Å². The Bertz CT molecular complexity index is 1910. The summed E-state index contributed by atoms with van der Waals surface area (Å²) < 4.78 is 18.6. The lowest BCUT2D eigenvalue weighted by Gasteiger charge is -2.24. The molecule has 1 unspecified atom stereocenters. The molecule has 11 nitrogen and oxygen atoms in total. The van der Waals surface area contributed by atoms with E-state index >= 15 is 0 Å². The number of para-hydroxylation sites is 2. The highest BCUT2D eigenvalue weighted by molar-refractivity contribution is 7.99. The minimum atomic E-state index is -0.386. The second-order valence-electron chi connectivity index (χ2n) is 10.7. The van der Waals surface area contributed by atoms with Gasteiger partial charge < -0.3 is 24.1 Å². The maximum Gasteiger partial charge on any atom is 0.255 e. The molecule has 48 heavy (non-hydrogen) atoms. The Morgan fingerprint density at radius 2 is 1.67 bits per heavy atom. The Morgan fingerprint density at radius 3 is 2.42 bits per heavy atom. The van der Waals surface area contributed by atoms with Crippen molar-refractivity contribution in [1.29, 1.82) is 0 Å². The number of nitrogens with zero attached hydrogens (tertiary/aromatic N) is 5. The molecular formula is C35H34N6O5S2. The number of hydrazone groups is 1. The van der Waals surface area contributed by atoms with Crippen LogP contribution in [0.4, 0.5) is 0 Å². The van der Waals surface area contributed by atoms with E-state index < -0.39 is 0 Å². The second kappa shape index (κ2) is 15.2. The standard InChI is InChI=1S/C35H34N6O5S2/c1-44-28-15-8-7-13-25(28)34(43)36-20-31-37-38-35(40(31)21-23-11-5-4-6-12-23)48-22-32(42)41-27(19-26(39-41)30-17-10-18-47-30)24-14-9-16-29(45-2)33(24)46-3/h4-18,27H,19-22H2,1-3H3,(H,36,43). The highest BCUT2D eigenvalue weighted by atomic mass is 32.2. The largest absolute Gasteiger partial charge is 0.496 e. The van der Waals surface area contributed by atoms with E-state index in [1.165, 1.54) is 18.9 Å². The third kappa shape index (κ3) is 7.06. The van der Waals surface area contributed by atoms with E-state index in [2.05, 4.69) is 15.5 Å². The predicted molar refractivity (Wildman–Crippen MR) is 185 cm³/mol. The van der Waals surface area contributed by atoms with Crippen molar-refractivity contribution in [3.63, 3.8) is 0 Å². The van der Waals surface area contributed by atoms with Gasteiger partial charge in [-0.25, -0.2) is 5.01 Å². The molecule has 1 aliphatic rings. The van der Waals surface area contributed by atoms with Gasteiger partial charge in [-0.3, -0.25) is 9.59 Å². The number of carbonyl (C=O) groups is 2. The zero-order valence-electron chi connectivity index (χ0n) is 26.7. The number of ether oxygens (including phenoxy) is 3. The van der Waals surface area contributed by atoms with Crippen LogP contribution < -0.4 is 19.5 Å². The van der Waals surface area contributed by atoms with Crippen molar-refractivity contribution in [1.82, 2.24) is 25.1 Å². The maximum absolute atomic E-state index is 14.0. The van der Waals surface area contributed by atoms with Gasteiger partial charge in [-0.2, -0.15) is 5.10 Å². The van der Waals surface area contributed by atoms with E-state index in [1.807, 2.05) is 76.7 Å². The third-order valence-corrected chi connectivity index (χ3v) is 9.69. The predicted octanol–water partition coefficient (Wildman–Crippen LogP) is 5.81. The van der Waals surface area contributed by atoms with E-state index in [0.717, 1.165) is 21.7 Å². The Kier molecular flexibility index (Phi) is 10.4. The minimum absolute atomic E-state index is 0.0600. The summed E-state index contributed by atoms with van der Waals surface area (Å²) in [6, 6.07) is 26.2. The van der Waals surface area contributed by atoms with Crippen LogP contribution >= 0.6 is 23.1 Å². The molecular weight excluding hydrogens is 649 g/mol. The highest BCUT2D eigenvalue weighted by Crippen LogP contribution is 2.42. The lowest BCUT2D eigenvalue weighted by molar-refractivity contribution is -0.130. The first-order valence-electron chi connectivity index (χ1n) is 15.1. The molecule has 1 aliphatic heterocycles. The van der Waals surface area contributed by atoms with Crippen molar-refractivity contribution in [2.24, 2.45) is 5.10 Å². The van der Waals surface area contributed by atoms with Gasteiger partial charge in [0.2, 0.25) is 0 Å². The molecule has 0 bridgehead atoms. The molecule has 2 aromatic heterocycles. The van der Waals surface area contributed by atoms with Crippen molar-refractivity contribution in [2.75, 3.05) is 27.1 Å². The fraction of sp³-hybridized carbons (Fsp3) is 0.229. The third-order valence-electron chi connectivity index (χ3n) is 7.82. The fourth-order valence-corrected chi connectivity index (χ4v) is 7.04. The number of thioether (sulfide) groups is 1. The second-order valence-corrected chi connectivity index (χ2v) is 12.6. The first kappa shape index (κ1) is 32.8. The Hall–Kier alpha value is -5.14. The van der Waals surface area contributed by atoms with Crippen molar-refractivity contribution in [2.45, 2.75) is 30.7 Å². The Morgan fingerprint density at radius 1 is 0.896 bits per heavy atom. The molecule has 0 aliphatic carbocycles. The Balaban J connectivity index is 1.24. The van der Waals surface area contributed by atoms with Crippen LogP contribution in [-0.2, 0) is 17.9 Å². The van der Waals surface area contributed by atoms with Crippen molar-refractivity contribution >= 4 is 40.6 Å². The molecule has 246 valence electrons. The highest BCUT2D eigenvalue weighted by Gasteiger charge is 2.36. The summed E-state index contributed by atoms with van der Waals surface area (Å²) in [6.45, 7) is 0.585. The first-order chi connectivity index (χ1) is 23.5. The van der Waals surface area contributed by atoms with Crippen molar-refractivity contribution < 1.29 is 23.8 Å². The number of amides is 2. The van der Waals surface area contributed by atoms with Gasteiger partial charge in [0.15, 0.2) is 22.5 Å². The average molecular weight is 683 g/mol. The number of benzene rings is 3. The number of methoxy groups -OCH3 is 3. The van der Waals surface area contributed by atoms with Crippen LogP contribution in [0, 0.1) is 0 Å². The monoisotopic (exact) mass is 682 g/mol. The number of thiophene rings is 1. The molecule has 6 rings (SSSR count). The minimum Gasteiger partial charge on any atom is -0.496 e. The van der Waals surface area contributed by atoms with Crippen molar-refractivity contribution in [3.05, 3.63) is 118 Å². The molecule has 0 radical (unpaired) electrons. The van der Waals surface area contributed by atoms with Crippen molar-refractivity contribution in [3.8, 4) is 17.2 Å². The van der Waals surface area contributed by atoms with Crippen LogP contribution in [0.25, 0.3) is 0 Å². The number of aromatic nitrogens is 3. The number of rotatable bonds is 13. The van der Waals surface area contributed by atoms with Crippen LogP contribution in [-0.4, -0.2) is 64.4 Å². The van der Waals surface area contributed by atoms with Crippen LogP contribution in [0.2, 0.25) is 0 Å². The molecule has 3 heterocycles. The molecule has 0 saturated heterocycles. The van der Waals surface area contributed by atoms with Gasteiger partial charge in [0.1, 0.15) is 5.75 Å². The van der Waals surface area contributed by atoms with Gasteiger partial charge in [-0.1, -0.05) is 72.4 Å². The van der Waals surface area contributed by atoms with Gasteiger partial charge in [-0.05, 0) is 35.2 Å². The number of carbonyl (C=O) groups excluding carboxylic acids is 2. The number of hydrogen-bond acceptors (Lipinski definition) is 10. The first-order valence-corrected chi connectivity index (χ1v) is 17.0. The summed E-state index contributed by atoms with van der Waals surface area (Å²) in [5, 5.41) is 20.7. The Labute approximate surface area is 286 Å². The topological polar surface area (TPSA) is 120 Å². The molecule has 13 heteroatoms. The molecule has 0 fully saturated rings. The summed E-state index contributed by atoms with van der Waals surface area (Å²) in [5.41, 5.74) is 3.09. The number of nitrogens with one attached hydrogen (secondary N) is 1. The van der Waals surface area contributed by atoms with Gasteiger partial charge in [-0.15, -0.1) is 21.5 Å². The lowest BCUT2D eigenvalue weighted by atomic mass is 9.99.